The van der Waals surface area contributed by atoms with Gasteiger partial charge >= 0.3 is 6.09 Å². The molecule has 0 heterocycles. The van der Waals surface area contributed by atoms with E-state index in [9.17, 15) is 9.18 Å². The first-order valence-electron chi connectivity index (χ1n) is 4.86. The Bertz CT molecular complexity index is 421. The van der Waals surface area contributed by atoms with Crippen LogP contribution in [0.25, 0.3) is 0 Å². The number of halogens is 2. The normalized spacial score (nSPS) is 10.1. The maximum atomic E-state index is 13.6. The van der Waals surface area contributed by atoms with Gasteiger partial charge in [-0.3, -0.25) is 5.32 Å². The summed E-state index contributed by atoms with van der Waals surface area (Å²) in [6.45, 7) is 5.39. The van der Waals surface area contributed by atoms with Gasteiger partial charge in [-0.05, 0) is 48.3 Å². The predicted octanol–water partition coefficient (Wildman–Crippen LogP) is 3.77. The summed E-state index contributed by atoms with van der Waals surface area (Å²) in [6, 6.07) is 1.61. The molecule has 5 heteroatoms. The lowest BCUT2D eigenvalue weighted by atomic mass is 10.1. The third-order valence-corrected chi connectivity index (χ3v) is 2.73. The third-order valence-electron chi connectivity index (χ3n) is 2.15. The van der Waals surface area contributed by atoms with Gasteiger partial charge in [-0.2, -0.15) is 0 Å². The average Bonchev–Trinajstić information content (AvgIpc) is 2.22. The molecule has 0 aliphatic carbocycles. The Morgan fingerprint density at radius 2 is 2.19 bits per heavy atom. The van der Waals surface area contributed by atoms with E-state index < -0.39 is 6.09 Å². The number of hydrogen-bond acceptors (Lipinski definition) is 2. The first kappa shape index (κ1) is 13.0. The van der Waals surface area contributed by atoms with Crippen molar-refractivity contribution in [2.75, 3.05) is 11.9 Å². The van der Waals surface area contributed by atoms with E-state index in [1.165, 1.54) is 0 Å². The maximum absolute atomic E-state index is 13.6. The van der Waals surface area contributed by atoms with Gasteiger partial charge in [0.05, 0.1) is 16.8 Å². The predicted molar refractivity (Wildman–Crippen MR) is 64.2 cm³/mol. The number of aryl methyl sites for hydroxylation is 1. The second-order valence-corrected chi connectivity index (χ2v) is 4.19. The van der Waals surface area contributed by atoms with Crippen molar-refractivity contribution in [1.82, 2.24) is 0 Å². The number of hydrogen-bond donors (Lipinski definition) is 1. The molecule has 1 rings (SSSR count). The highest BCUT2D eigenvalue weighted by molar-refractivity contribution is 9.10. The third kappa shape index (κ3) is 2.72. The highest BCUT2D eigenvalue weighted by Crippen LogP contribution is 2.29. The van der Waals surface area contributed by atoms with Crippen molar-refractivity contribution in [2.24, 2.45) is 0 Å². The topological polar surface area (TPSA) is 38.3 Å². The molecule has 0 aromatic heterocycles. The SMILES string of the molecule is CCOC(=O)Nc1c(C)cc(Br)c(F)c1C. The maximum Gasteiger partial charge on any atom is 0.411 e. The average molecular weight is 290 g/mol. The monoisotopic (exact) mass is 289 g/mol. The van der Waals surface area contributed by atoms with Crippen LogP contribution in [0, 0.1) is 19.7 Å². The quantitative estimate of drug-likeness (QED) is 0.900. The van der Waals surface area contributed by atoms with Gasteiger partial charge in [0.1, 0.15) is 5.82 Å². The van der Waals surface area contributed by atoms with Gasteiger partial charge in [0.15, 0.2) is 0 Å². The molecule has 1 aromatic rings. The highest BCUT2D eigenvalue weighted by Gasteiger charge is 2.14. The summed E-state index contributed by atoms with van der Waals surface area (Å²) >= 11 is 3.11. The van der Waals surface area contributed by atoms with Crippen molar-refractivity contribution >= 4 is 27.7 Å². The Morgan fingerprint density at radius 3 is 2.75 bits per heavy atom. The lowest BCUT2D eigenvalue weighted by Crippen LogP contribution is -2.15. The van der Waals surface area contributed by atoms with Gasteiger partial charge in [0, 0.05) is 5.56 Å². The van der Waals surface area contributed by atoms with Crippen LogP contribution in [0.15, 0.2) is 10.5 Å². The van der Waals surface area contributed by atoms with Crippen LogP contribution in [-0.4, -0.2) is 12.7 Å². The van der Waals surface area contributed by atoms with Crippen molar-refractivity contribution in [1.29, 1.82) is 0 Å². The number of benzene rings is 1. The van der Waals surface area contributed by atoms with Crippen molar-refractivity contribution in [3.8, 4) is 0 Å². The molecule has 0 fully saturated rings. The van der Waals surface area contributed by atoms with Crippen LogP contribution < -0.4 is 5.32 Å². The molecule has 3 nitrogen and oxygen atoms in total. The van der Waals surface area contributed by atoms with Crippen LogP contribution in [0.1, 0.15) is 18.1 Å². The summed E-state index contributed by atoms with van der Waals surface area (Å²) in [5.41, 5.74) is 1.62. The molecule has 0 unspecified atom stereocenters. The minimum atomic E-state index is -0.574. The van der Waals surface area contributed by atoms with Crippen molar-refractivity contribution < 1.29 is 13.9 Å². The van der Waals surface area contributed by atoms with Crippen molar-refractivity contribution in [2.45, 2.75) is 20.8 Å². The molecule has 16 heavy (non-hydrogen) atoms. The largest absolute Gasteiger partial charge is 0.450 e. The molecule has 0 aliphatic heterocycles. The number of nitrogens with one attached hydrogen (secondary N) is 1. The molecule has 0 atom stereocenters. The summed E-state index contributed by atoms with van der Waals surface area (Å²) in [7, 11) is 0. The zero-order chi connectivity index (χ0) is 12.3. The van der Waals surface area contributed by atoms with Crippen molar-refractivity contribution in [3.05, 3.63) is 27.5 Å². The van der Waals surface area contributed by atoms with Crippen molar-refractivity contribution in [3.63, 3.8) is 0 Å². The molecule has 1 N–H and O–H groups in total. The van der Waals surface area contributed by atoms with Crippen LogP contribution >= 0.6 is 15.9 Å². The van der Waals surface area contributed by atoms with E-state index in [0.717, 1.165) is 5.56 Å². The number of amides is 1. The Hall–Kier alpha value is -1.10. The van der Waals surface area contributed by atoms with Gasteiger partial charge in [0.2, 0.25) is 0 Å². The van der Waals surface area contributed by atoms with Crippen LogP contribution in [0.4, 0.5) is 14.9 Å². The lowest BCUT2D eigenvalue weighted by Gasteiger charge is -2.13. The summed E-state index contributed by atoms with van der Waals surface area (Å²) in [5.74, 6) is -0.377. The molecule has 88 valence electrons. The van der Waals surface area contributed by atoms with E-state index in [2.05, 4.69) is 21.2 Å². The van der Waals surface area contributed by atoms with E-state index in [1.54, 1.807) is 26.8 Å². The van der Waals surface area contributed by atoms with Gasteiger partial charge in [-0.1, -0.05) is 0 Å². The summed E-state index contributed by atoms with van der Waals surface area (Å²) in [4.78, 5) is 11.2. The lowest BCUT2D eigenvalue weighted by molar-refractivity contribution is 0.168. The van der Waals surface area contributed by atoms with E-state index in [0.29, 0.717) is 15.7 Å². The number of anilines is 1. The van der Waals surface area contributed by atoms with E-state index in [1.807, 2.05) is 0 Å². The molecule has 1 amide bonds. The Labute approximate surface area is 102 Å². The zero-order valence-electron chi connectivity index (χ0n) is 9.36. The van der Waals surface area contributed by atoms with E-state index >= 15 is 0 Å². The fourth-order valence-electron chi connectivity index (χ4n) is 1.37. The Balaban J connectivity index is 3.05. The van der Waals surface area contributed by atoms with Gasteiger partial charge < -0.3 is 4.74 Å². The number of rotatable bonds is 2. The highest BCUT2D eigenvalue weighted by atomic mass is 79.9. The number of carbonyl (C=O) groups excluding carboxylic acids is 1. The van der Waals surface area contributed by atoms with Gasteiger partial charge in [-0.25, -0.2) is 9.18 Å². The molecule has 0 aliphatic rings. The minimum absolute atomic E-state index is 0.281. The van der Waals surface area contributed by atoms with Gasteiger partial charge in [-0.15, -0.1) is 0 Å². The van der Waals surface area contributed by atoms with Crippen LogP contribution in [0.3, 0.4) is 0 Å². The fraction of sp³-hybridized carbons (Fsp3) is 0.364. The van der Waals surface area contributed by atoms with Crippen LogP contribution in [-0.2, 0) is 4.74 Å². The molecular weight excluding hydrogens is 277 g/mol. The fourth-order valence-corrected chi connectivity index (χ4v) is 2.01. The van der Waals surface area contributed by atoms with Gasteiger partial charge in [0.25, 0.3) is 0 Å². The molecule has 0 radical (unpaired) electrons. The summed E-state index contributed by atoms with van der Waals surface area (Å²) in [5, 5.41) is 2.53. The smallest absolute Gasteiger partial charge is 0.411 e. The standard InChI is InChI=1S/C11H13BrFNO2/c1-4-16-11(15)14-10-6(2)5-8(12)9(13)7(10)3/h5H,4H2,1-3H3,(H,14,15). The van der Waals surface area contributed by atoms with E-state index in [4.69, 9.17) is 4.74 Å². The summed E-state index contributed by atoms with van der Waals surface area (Å²) < 4.78 is 18.7. The Morgan fingerprint density at radius 1 is 1.56 bits per heavy atom. The van der Waals surface area contributed by atoms with Crippen LogP contribution in [0.2, 0.25) is 0 Å². The molecule has 0 saturated carbocycles. The second-order valence-electron chi connectivity index (χ2n) is 3.33. The number of carbonyl (C=O) groups is 1. The second kappa shape index (κ2) is 5.30. The molecule has 1 aromatic carbocycles. The zero-order valence-corrected chi connectivity index (χ0v) is 10.9. The first-order chi connectivity index (χ1) is 7.47. The van der Waals surface area contributed by atoms with E-state index in [-0.39, 0.29) is 12.4 Å². The molecule has 0 saturated heterocycles. The Kier molecular flexibility index (Phi) is 4.29. The molecular formula is C11H13BrFNO2. The molecule has 0 spiro atoms. The first-order valence-corrected chi connectivity index (χ1v) is 5.65. The minimum Gasteiger partial charge on any atom is -0.450 e. The van der Waals surface area contributed by atoms with Crippen LogP contribution in [0.5, 0.6) is 0 Å². The summed E-state index contributed by atoms with van der Waals surface area (Å²) in [6.07, 6.45) is -0.574. The molecule has 0 bridgehead atoms. The number of ether oxygens (including phenoxy) is 1.